The first-order valence-corrected chi connectivity index (χ1v) is 7.30. The molecule has 0 bridgehead atoms. The van der Waals surface area contributed by atoms with Crippen LogP contribution in [0.2, 0.25) is 0 Å². The smallest absolute Gasteiger partial charge is 0.410 e. The van der Waals surface area contributed by atoms with E-state index in [1.807, 2.05) is 30.3 Å². The van der Waals surface area contributed by atoms with Crippen LogP contribution < -0.4 is 0 Å². The first kappa shape index (κ1) is 17.2. The Morgan fingerprint density at radius 3 is 2.57 bits per heavy atom. The lowest BCUT2D eigenvalue weighted by Gasteiger charge is -2.42. The van der Waals surface area contributed by atoms with Gasteiger partial charge in [0, 0.05) is 27.2 Å². The van der Waals surface area contributed by atoms with Crippen molar-refractivity contribution >= 4 is 12.1 Å². The summed E-state index contributed by atoms with van der Waals surface area (Å²) in [6.45, 7) is 0.500. The van der Waals surface area contributed by atoms with Crippen molar-refractivity contribution in [3.63, 3.8) is 0 Å². The second-order valence-electron chi connectivity index (χ2n) is 5.36. The van der Waals surface area contributed by atoms with E-state index in [9.17, 15) is 14.7 Å². The van der Waals surface area contributed by atoms with Crippen LogP contribution in [0, 0.1) is 0 Å². The number of hydrogen-bond acceptors (Lipinski definition) is 5. The van der Waals surface area contributed by atoms with Crippen LogP contribution in [-0.4, -0.2) is 61.1 Å². The number of carboxylic acid groups (broad SMARTS) is 1. The van der Waals surface area contributed by atoms with Crippen molar-refractivity contribution in [2.24, 2.45) is 0 Å². The largest absolute Gasteiger partial charge is 0.479 e. The Hall–Kier alpha value is -2.12. The predicted molar refractivity (Wildman–Crippen MR) is 81.0 cm³/mol. The summed E-state index contributed by atoms with van der Waals surface area (Å²) in [4.78, 5) is 25.1. The first-order chi connectivity index (χ1) is 11.0. The van der Waals surface area contributed by atoms with E-state index in [-0.39, 0.29) is 26.1 Å². The molecule has 1 aromatic rings. The predicted octanol–water partition coefficient (Wildman–Crippen LogP) is 1.51. The van der Waals surface area contributed by atoms with Crippen molar-refractivity contribution in [3.05, 3.63) is 35.9 Å². The molecule has 0 aliphatic carbocycles. The molecular weight excluding hydrogens is 302 g/mol. The van der Waals surface area contributed by atoms with Gasteiger partial charge in [-0.3, -0.25) is 0 Å². The van der Waals surface area contributed by atoms with Gasteiger partial charge in [-0.25, -0.2) is 9.59 Å². The average Bonchev–Trinajstić information content (AvgIpc) is 2.59. The van der Waals surface area contributed by atoms with Gasteiger partial charge >= 0.3 is 12.1 Å². The van der Waals surface area contributed by atoms with E-state index in [2.05, 4.69) is 0 Å². The van der Waals surface area contributed by atoms with Crippen molar-refractivity contribution in [1.82, 2.24) is 4.90 Å². The SMILES string of the molecule is CO[C@@H]1CN(C(=O)OCc2ccccc2)CC[C@@]1(OC)C(=O)O. The van der Waals surface area contributed by atoms with Gasteiger partial charge in [0.05, 0.1) is 6.54 Å². The Morgan fingerprint density at radius 1 is 1.30 bits per heavy atom. The molecule has 2 rings (SSSR count). The third-order valence-corrected chi connectivity index (χ3v) is 4.13. The van der Waals surface area contributed by atoms with Gasteiger partial charge in [0.1, 0.15) is 12.7 Å². The van der Waals surface area contributed by atoms with Gasteiger partial charge in [-0.05, 0) is 5.56 Å². The highest BCUT2D eigenvalue weighted by molar-refractivity contribution is 5.79. The molecule has 7 nitrogen and oxygen atoms in total. The lowest BCUT2D eigenvalue weighted by atomic mass is 9.88. The quantitative estimate of drug-likeness (QED) is 0.884. The second kappa shape index (κ2) is 7.43. The van der Waals surface area contributed by atoms with Crippen LogP contribution >= 0.6 is 0 Å². The number of likely N-dealkylation sites (tertiary alicyclic amines) is 1. The third-order valence-electron chi connectivity index (χ3n) is 4.13. The van der Waals surface area contributed by atoms with E-state index in [1.54, 1.807) is 0 Å². The highest BCUT2D eigenvalue weighted by Gasteiger charge is 2.51. The van der Waals surface area contributed by atoms with Crippen molar-refractivity contribution < 1.29 is 28.9 Å². The fourth-order valence-corrected chi connectivity index (χ4v) is 2.71. The van der Waals surface area contributed by atoms with Gasteiger partial charge in [0.25, 0.3) is 0 Å². The van der Waals surface area contributed by atoms with E-state index in [0.717, 1.165) is 5.56 Å². The number of ether oxygens (including phenoxy) is 3. The minimum absolute atomic E-state index is 0.101. The van der Waals surface area contributed by atoms with Gasteiger partial charge in [-0.2, -0.15) is 0 Å². The third kappa shape index (κ3) is 3.62. The maximum absolute atomic E-state index is 12.2. The van der Waals surface area contributed by atoms with Crippen molar-refractivity contribution in [3.8, 4) is 0 Å². The molecule has 1 aromatic carbocycles. The molecule has 1 saturated heterocycles. The van der Waals surface area contributed by atoms with Crippen LogP contribution in [0.15, 0.2) is 30.3 Å². The van der Waals surface area contributed by atoms with Crippen molar-refractivity contribution in [2.75, 3.05) is 27.3 Å². The molecule has 7 heteroatoms. The Balaban J connectivity index is 1.97. The van der Waals surface area contributed by atoms with Crippen LogP contribution in [0.3, 0.4) is 0 Å². The molecular formula is C16H21NO6. The lowest BCUT2D eigenvalue weighted by molar-refractivity contribution is -0.191. The number of carbonyl (C=O) groups excluding carboxylic acids is 1. The van der Waals surface area contributed by atoms with E-state index in [4.69, 9.17) is 14.2 Å². The summed E-state index contributed by atoms with van der Waals surface area (Å²) in [6.07, 6.45) is -1.12. The second-order valence-corrected chi connectivity index (χ2v) is 5.36. The minimum atomic E-state index is -1.44. The zero-order valence-electron chi connectivity index (χ0n) is 13.2. The zero-order chi connectivity index (χ0) is 16.9. The number of aliphatic carboxylic acids is 1. The van der Waals surface area contributed by atoms with Crippen LogP contribution in [-0.2, 0) is 25.6 Å². The molecule has 126 valence electrons. The molecule has 0 saturated carbocycles. The molecule has 0 unspecified atom stereocenters. The summed E-state index contributed by atoms with van der Waals surface area (Å²) in [7, 11) is 2.74. The molecule has 0 spiro atoms. The van der Waals surface area contributed by atoms with Gasteiger partial charge in [0.15, 0.2) is 5.60 Å². The topological polar surface area (TPSA) is 85.3 Å². The summed E-state index contributed by atoms with van der Waals surface area (Å²) in [5.74, 6) is -1.09. The van der Waals surface area contributed by atoms with Crippen LogP contribution in [0.4, 0.5) is 4.79 Å². The monoisotopic (exact) mass is 323 g/mol. The van der Waals surface area contributed by atoms with Gasteiger partial charge < -0.3 is 24.2 Å². The number of benzene rings is 1. The number of methoxy groups -OCH3 is 2. The molecule has 1 fully saturated rings. The maximum atomic E-state index is 12.2. The molecule has 2 atom stereocenters. The fourth-order valence-electron chi connectivity index (χ4n) is 2.71. The number of rotatable bonds is 5. The maximum Gasteiger partial charge on any atom is 0.410 e. The molecule has 1 amide bonds. The number of piperidine rings is 1. The normalized spacial score (nSPS) is 24.3. The van der Waals surface area contributed by atoms with Crippen LogP contribution in [0.5, 0.6) is 0 Å². The highest BCUT2D eigenvalue weighted by atomic mass is 16.6. The number of hydrogen-bond donors (Lipinski definition) is 1. The van der Waals surface area contributed by atoms with Gasteiger partial charge in [0.2, 0.25) is 0 Å². The Bertz CT molecular complexity index is 549. The van der Waals surface area contributed by atoms with Crippen molar-refractivity contribution in [2.45, 2.75) is 24.7 Å². The number of carbonyl (C=O) groups is 2. The standard InChI is InChI=1S/C16H21NO6/c1-21-13-10-17(9-8-16(13,22-2)14(18)19)15(20)23-11-12-6-4-3-5-7-12/h3-7,13H,8-11H2,1-2H3,(H,18,19)/t13-,16+/m1/s1. The van der Waals surface area contributed by atoms with E-state index in [1.165, 1.54) is 19.1 Å². The first-order valence-electron chi connectivity index (χ1n) is 7.30. The van der Waals surface area contributed by atoms with Crippen LogP contribution in [0.1, 0.15) is 12.0 Å². The van der Waals surface area contributed by atoms with E-state index >= 15 is 0 Å². The fraction of sp³-hybridized carbons (Fsp3) is 0.500. The highest BCUT2D eigenvalue weighted by Crippen LogP contribution is 2.29. The average molecular weight is 323 g/mol. The number of amides is 1. The van der Waals surface area contributed by atoms with Gasteiger partial charge in [-0.15, -0.1) is 0 Å². The lowest BCUT2D eigenvalue weighted by Crippen LogP contribution is -2.62. The molecule has 23 heavy (non-hydrogen) atoms. The Morgan fingerprint density at radius 2 is 2.00 bits per heavy atom. The van der Waals surface area contributed by atoms with Crippen LogP contribution in [0.25, 0.3) is 0 Å². The zero-order valence-corrected chi connectivity index (χ0v) is 13.2. The molecule has 0 radical (unpaired) electrons. The summed E-state index contributed by atoms with van der Waals surface area (Å²) in [5, 5.41) is 9.43. The molecule has 1 aliphatic heterocycles. The molecule has 1 N–H and O–H groups in total. The summed E-state index contributed by atoms with van der Waals surface area (Å²) in [5.41, 5.74) is -0.553. The Labute approximate surface area is 134 Å². The number of nitrogens with zero attached hydrogens (tertiary/aromatic N) is 1. The summed E-state index contributed by atoms with van der Waals surface area (Å²) in [6, 6.07) is 9.34. The van der Waals surface area contributed by atoms with Crippen molar-refractivity contribution in [1.29, 1.82) is 0 Å². The summed E-state index contributed by atoms with van der Waals surface area (Å²) >= 11 is 0. The van der Waals surface area contributed by atoms with E-state index in [0.29, 0.717) is 0 Å². The van der Waals surface area contributed by atoms with E-state index < -0.39 is 23.8 Å². The number of carboxylic acids is 1. The minimum Gasteiger partial charge on any atom is -0.479 e. The van der Waals surface area contributed by atoms with Gasteiger partial charge in [-0.1, -0.05) is 30.3 Å². The molecule has 1 heterocycles. The molecule has 0 aromatic heterocycles. The molecule has 1 aliphatic rings. The summed E-state index contributed by atoms with van der Waals surface area (Å²) < 4.78 is 15.7. The Kier molecular flexibility index (Phi) is 5.57.